The third-order valence-corrected chi connectivity index (χ3v) is 2.87. The molecule has 1 aliphatic rings. The summed E-state index contributed by atoms with van der Waals surface area (Å²) in [7, 11) is 1.56. The van der Waals surface area contributed by atoms with Gasteiger partial charge >= 0.3 is 5.97 Å². The van der Waals surface area contributed by atoms with E-state index < -0.39 is 11.9 Å². The van der Waals surface area contributed by atoms with Crippen LogP contribution in [0.5, 0.6) is 0 Å². The van der Waals surface area contributed by atoms with Gasteiger partial charge in [0.05, 0.1) is 24.7 Å². The van der Waals surface area contributed by atoms with Gasteiger partial charge in [-0.15, -0.1) is 0 Å². The fourth-order valence-electron chi connectivity index (χ4n) is 1.88. The van der Waals surface area contributed by atoms with E-state index in [0.717, 1.165) is 0 Å². The summed E-state index contributed by atoms with van der Waals surface area (Å²) in [5.74, 6) is -1.22. The topological polar surface area (TPSA) is 55.8 Å². The average Bonchev–Trinajstić information content (AvgIpc) is 2.48. The van der Waals surface area contributed by atoms with E-state index in [4.69, 9.17) is 14.6 Å². The molecule has 3 unspecified atom stereocenters. The highest BCUT2D eigenvalue weighted by molar-refractivity contribution is 5.71. The Morgan fingerprint density at radius 1 is 1.53 bits per heavy atom. The minimum absolute atomic E-state index is 0.00116. The van der Waals surface area contributed by atoms with Gasteiger partial charge in [-0.3, -0.25) is 4.79 Å². The highest BCUT2D eigenvalue weighted by Gasteiger charge is 2.44. The van der Waals surface area contributed by atoms with Crippen molar-refractivity contribution < 1.29 is 19.4 Å². The van der Waals surface area contributed by atoms with Gasteiger partial charge in [0.1, 0.15) is 0 Å². The van der Waals surface area contributed by atoms with E-state index in [1.165, 1.54) is 0 Å². The van der Waals surface area contributed by atoms with Crippen molar-refractivity contribution in [2.24, 2.45) is 11.3 Å². The van der Waals surface area contributed by atoms with Crippen LogP contribution in [0.15, 0.2) is 0 Å². The van der Waals surface area contributed by atoms with Crippen LogP contribution in [-0.2, 0) is 14.3 Å². The molecule has 0 aromatic rings. The Hall–Kier alpha value is -0.610. The molecule has 0 spiro atoms. The summed E-state index contributed by atoms with van der Waals surface area (Å²) >= 11 is 0. The predicted octanol–water partition coefficient (Wildman–Crippen LogP) is 1.54. The summed E-state index contributed by atoms with van der Waals surface area (Å²) in [4.78, 5) is 11.0. The molecule has 88 valence electrons. The second kappa shape index (κ2) is 4.49. The molecule has 15 heavy (non-hydrogen) atoms. The normalized spacial score (nSPS) is 31.9. The number of hydrogen-bond acceptors (Lipinski definition) is 3. The molecule has 4 heteroatoms. The van der Waals surface area contributed by atoms with Crippen LogP contribution < -0.4 is 0 Å². The number of rotatable bonds is 3. The smallest absolute Gasteiger partial charge is 0.309 e. The Morgan fingerprint density at radius 2 is 2.13 bits per heavy atom. The van der Waals surface area contributed by atoms with Gasteiger partial charge in [0.2, 0.25) is 0 Å². The van der Waals surface area contributed by atoms with Crippen molar-refractivity contribution in [3.05, 3.63) is 0 Å². The standard InChI is InChI=1S/C11H20O4/c1-11(2,3)9-5-7(10(12)13)8(15-9)6-14-4/h7-9H,5-6H2,1-4H3,(H,12,13). The molecule has 0 aliphatic carbocycles. The fraction of sp³-hybridized carbons (Fsp3) is 0.909. The zero-order chi connectivity index (χ0) is 11.6. The van der Waals surface area contributed by atoms with Crippen molar-refractivity contribution in [2.45, 2.75) is 39.4 Å². The maximum Gasteiger partial charge on any atom is 0.309 e. The molecule has 1 N–H and O–H groups in total. The number of methoxy groups -OCH3 is 1. The third-order valence-electron chi connectivity index (χ3n) is 2.87. The number of carboxylic acid groups (broad SMARTS) is 1. The van der Waals surface area contributed by atoms with Gasteiger partial charge in [0, 0.05) is 7.11 Å². The second-order valence-electron chi connectivity index (χ2n) is 5.16. The molecule has 0 amide bonds. The molecule has 3 atom stereocenters. The van der Waals surface area contributed by atoms with Crippen molar-refractivity contribution in [1.29, 1.82) is 0 Å². The lowest BCUT2D eigenvalue weighted by molar-refractivity contribution is -0.144. The highest BCUT2D eigenvalue weighted by Crippen LogP contribution is 2.36. The first-order valence-electron chi connectivity index (χ1n) is 5.23. The van der Waals surface area contributed by atoms with E-state index in [2.05, 4.69) is 20.8 Å². The van der Waals surface area contributed by atoms with Crippen molar-refractivity contribution in [1.82, 2.24) is 0 Å². The van der Waals surface area contributed by atoms with Crippen molar-refractivity contribution >= 4 is 5.97 Å². The molecular formula is C11H20O4. The lowest BCUT2D eigenvalue weighted by Gasteiger charge is -2.26. The van der Waals surface area contributed by atoms with Crippen LogP contribution in [0.25, 0.3) is 0 Å². The van der Waals surface area contributed by atoms with Gasteiger partial charge in [-0.2, -0.15) is 0 Å². The van der Waals surface area contributed by atoms with Gasteiger partial charge < -0.3 is 14.6 Å². The zero-order valence-corrected chi connectivity index (χ0v) is 9.82. The number of carbonyl (C=O) groups is 1. The zero-order valence-electron chi connectivity index (χ0n) is 9.82. The molecule has 0 radical (unpaired) electrons. The lowest BCUT2D eigenvalue weighted by Crippen LogP contribution is -2.28. The monoisotopic (exact) mass is 216 g/mol. The molecule has 0 bridgehead atoms. The van der Waals surface area contributed by atoms with Crippen LogP contribution in [0.1, 0.15) is 27.2 Å². The molecule has 1 fully saturated rings. The molecule has 1 saturated heterocycles. The molecule has 4 nitrogen and oxygen atoms in total. The summed E-state index contributed by atoms with van der Waals surface area (Å²) in [6.45, 7) is 6.53. The number of hydrogen-bond donors (Lipinski definition) is 1. The quantitative estimate of drug-likeness (QED) is 0.777. The summed E-state index contributed by atoms with van der Waals surface area (Å²) < 4.78 is 10.7. The van der Waals surface area contributed by atoms with Crippen molar-refractivity contribution in [2.75, 3.05) is 13.7 Å². The average molecular weight is 216 g/mol. The first-order chi connectivity index (χ1) is 6.86. The van der Waals surface area contributed by atoms with Crippen molar-refractivity contribution in [3.63, 3.8) is 0 Å². The highest BCUT2D eigenvalue weighted by atomic mass is 16.5. The Balaban J connectivity index is 2.69. The van der Waals surface area contributed by atoms with Gasteiger partial charge in [-0.1, -0.05) is 20.8 Å². The number of aliphatic carboxylic acids is 1. The Bertz CT molecular complexity index is 231. The largest absolute Gasteiger partial charge is 0.481 e. The van der Waals surface area contributed by atoms with Crippen LogP contribution in [0, 0.1) is 11.3 Å². The first-order valence-corrected chi connectivity index (χ1v) is 5.23. The maximum atomic E-state index is 11.0. The minimum atomic E-state index is -0.788. The lowest BCUT2D eigenvalue weighted by atomic mass is 9.85. The van der Waals surface area contributed by atoms with E-state index in [9.17, 15) is 4.79 Å². The third kappa shape index (κ3) is 2.92. The first kappa shape index (κ1) is 12.5. The van der Waals surface area contributed by atoms with E-state index in [1.54, 1.807) is 7.11 Å². The molecule has 0 aromatic heterocycles. The second-order valence-corrected chi connectivity index (χ2v) is 5.16. The predicted molar refractivity (Wildman–Crippen MR) is 55.7 cm³/mol. The van der Waals surface area contributed by atoms with E-state index in [1.807, 2.05) is 0 Å². The molecule has 1 aliphatic heterocycles. The number of carboxylic acids is 1. The van der Waals surface area contributed by atoms with Crippen LogP contribution >= 0.6 is 0 Å². The summed E-state index contributed by atoms with van der Waals surface area (Å²) in [6, 6.07) is 0. The molecule has 0 aromatic carbocycles. The summed E-state index contributed by atoms with van der Waals surface area (Å²) in [6.07, 6.45) is 0.267. The van der Waals surface area contributed by atoms with E-state index in [0.29, 0.717) is 13.0 Å². The van der Waals surface area contributed by atoms with Crippen LogP contribution in [0.2, 0.25) is 0 Å². The molecule has 0 saturated carbocycles. The molecular weight excluding hydrogens is 196 g/mol. The van der Waals surface area contributed by atoms with Crippen LogP contribution in [0.4, 0.5) is 0 Å². The Labute approximate surface area is 90.6 Å². The fourth-order valence-corrected chi connectivity index (χ4v) is 1.88. The van der Waals surface area contributed by atoms with Gasteiger partial charge in [0.15, 0.2) is 0 Å². The summed E-state index contributed by atoms with van der Waals surface area (Å²) in [5.41, 5.74) is -0.0177. The Morgan fingerprint density at radius 3 is 2.53 bits per heavy atom. The van der Waals surface area contributed by atoms with Gasteiger partial charge in [0.25, 0.3) is 0 Å². The van der Waals surface area contributed by atoms with Gasteiger partial charge in [-0.05, 0) is 11.8 Å². The number of ether oxygens (including phenoxy) is 2. The minimum Gasteiger partial charge on any atom is -0.481 e. The SMILES string of the molecule is COCC1OC(C(C)(C)C)CC1C(=O)O. The van der Waals surface area contributed by atoms with E-state index >= 15 is 0 Å². The van der Waals surface area contributed by atoms with Crippen LogP contribution in [-0.4, -0.2) is 37.0 Å². The van der Waals surface area contributed by atoms with E-state index in [-0.39, 0.29) is 17.6 Å². The van der Waals surface area contributed by atoms with Gasteiger partial charge in [-0.25, -0.2) is 0 Å². The molecule has 1 rings (SSSR count). The molecule has 1 heterocycles. The van der Waals surface area contributed by atoms with Crippen molar-refractivity contribution in [3.8, 4) is 0 Å². The Kier molecular flexibility index (Phi) is 3.73. The van der Waals surface area contributed by atoms with Crippen LogP contribution in [0.3, 0.4) is 0 Å². The maximum absolute atomic E-state index is 11.0. The summed E-state index contributed by atoms with van der Waals surface area (Å²) in [5, 5.41) is 9.06.